The summed E-state index contributed by atoms with van der Waals surface area (Å²) in [6, 6.07) is 12.6. The van der Waals surface area contributed by atoms with Gasteiger partial charge in [0.15, 0.2) is 5.78 Å². The number of carbonyl (C=O) groups is 2. The molecule has 5 rings (SSSR count). The van der Waals surface area contributed by atoms with Crippen LogP contribution in [0.4, 0.5) is 11.5 Å². The van der Waals surface area contributed by atoms with Gasteiger partial charge in [-0.05, 0) is 50.1 Å². The number of fused-ring (bicyclic) bond motifs is 1. The van der Waals surface area contributed by atoms with Crippen LogP contribution in [0, 0.1) is 6.92 Å². The molecule has 8 nitrogen and oxygen atoms in total. The number of aromatic nitrogens is 2. The van der Waals surface area contributed by atoms with E-state index in [1.54, 1.807) is 18.9 Å². The molecule has 8 heteroatoms. The Labute approximate surface area is 197 Å². The predicted octanol–water partition coefficient (Wildman–Crippen LogP) is 4.48. The molecule has 0 bridgehead atoms. The summed E-state index contributed by atoms with van der Waals surface area (Å²) >= 11 is 0. The number of hydrogen-bond acceptors (Lipinski definition) is 6. The van der Waals surface area contributed by atoms with Crippen molar-refractivity contribution in [3.8, 4) is 11.5 Å². The molecule has 0 saturated carbocycles. The van der Waals surface area contributed by atoms with Crippen molar-refractivity contribution in [2.75, 3.05) is 24.9 Å². The molecule has 174 valence electrons. The highest BCUT2D eigenvalue weighted by Gasteiger charge is 2.39. The van der Waals surface area contributed by atoms with E-state index in [-0.39, 0.29) is 11.7 Å². The van der Waals surface area contributed by atoms with Crippen molar-refractivity contribution in [2.45, 2.75) is 32.2 Å². The fraction of sp³-hybridized carbons (Fsp3) is 0.269. The van der Waals surface area contributed by atoms with Gasteiger partial charge < -0.3 is 20.1 Å². The van der Waals surface area contributed by atoms with Crippen LogP contribution in [0.25, 0.3) is 0 Å². The Morgan fingerprint density at radius 1 is 1.12 bits per heavy atom. The highest BCUT2D eigenvalue weighted by molar-refractivity contribution is 6.08. The number of nitrogens with one attached hydrogen (secondary N) is 2. The number of rotatable bonds is 5. The van der Waals surface area contributed by atoms with Crippen molar-refractivity contribution in [1.82, 2.24) is 9.78 Å². The molecule has 2 heterocycles. The molecule has 2 N–H and O–H groups in total. The summed E-state index contributed by atoms with van der Waals surface area (Å²) in [7, 11) is 3.19. The van der Waals surface area contributed by atoms with Crippen LogP contribution in [-0.2, 0) is 4.79 Å². The van der Waals surface area contributed by atoms with Crippen molar-refractivity contribution >= 4 is 23.2 Å². The maximum absolute atomic E-state index is 13.2. The lowest BCUT2D eigenvalue weighted by Gasteiger charge is -2.34. The van der Waals surface area contributed by atoms with Crippen molar-refractivity contribution in [3.63, 3.8) is 0 Å². The van der Waals surface area contributed by atoms with Gasteiger partial charge in [-0.2, -0.15) is 5.10 Å². The third kappa shape index (κ3) is 3.71. The first kappa shape index (κ1) is 21.8. The number of anilines is 2. The molecule has 2 aromatic carbocycles. The maximum atomic E-state index is 13.2. The summed E-state index contributed by atoms with van der Waals surface area (Å²) in [4.78, 5) is 26.3. The minimum atomic E-state index is -0.537. The molecule has 1 atom stereocenters. The van der Waals surface area contributed by atoms with Crippen molar-refractivity contribution in [1.29, 1.82) is 0 Å². The number of methoxy groups -OCH3 is 2. The average molecular weight is 459 g/mol. The van der Waals surface area contributed by atoms with Crippen LogP contribution in [0.2, 0.25) is 0 Å². The number of amides is 1. The molecule has 34 heavy (non-hydrogen) atoms. The summed E-state index contributed by atoms with van der Waals surface area (Å²) < 4.78 is 12.8. The molecule has 1 aliphatic heterocycles. The van der Waals surface area contributed by atoms with Gasteiger partial charge in [0.25, 0.3) is 5.91 Å². The largest absolute Gasteiger partial charge is 0.497 e. The fourth-order valence-electron chi connectivity index (χ4n) is 4.60. The quantitative estimate of drug-likeness (QED) is 0.585. The van der Waals surface area contributed by atoms with E-state index >= 15 is 0 Å². The topological polar surface area (TPSA) is 94.5 Å². The maximum Gasteiger partial charge on any atom is 0.261 e. The van der Waals surface area contributed by atoms with Crippen LogP contribution in [0.3, 0.4) is 0 Å². The Morgan fingerprint density at radius 2 is 1.91 bits per heavy atom. The van der Waals surface area contributed by atoms with Crippen LogP contribution in [0.15, 0.2) is 59.9 Å². The van der Waals surface area contributed by atoms with E-state index < -0.39 is 6.04 Å². The SMILES string of the molecule is COc1ccc(OC)c([C@H]2C3=C(CCCC3=O)Nc3c(C(=O)Nc4ccc(C)cc4)cnn32)c1. The highest BCUT2D eigenvalue weighted by atomic mass is 16.5. The van der Waals surface area contributed by atoms with Gasteiger partial charge in [-0.1, -0.05) is 17.7 Å². The smallest absolute Gasteiger partial charge is 0.261 e. The minimum Gasteiger partial charge on any atom is -0.497 e. The Kier molecular flexibility index (Phi) is 5.57. The lowest BCUT2D eigenvalue weighted by Crippen LogP contribution is -2.32. The highest BCUT2D eigenvalue weighted by Crippen LogP contribution is 2.44. The van der Waals surface area contributed by atoms with Gasteiger partial charge in [-0.25, -0.2) is 4.68 Å². The van der Waals surface area contributed by atoms with Crippen LogP contribution < -0.4 is 20.1 Å². The number of carbonyl (C=O) groups excluding carboxylic acids is 2. The second kappa shape index (κ2) is 8.70. The zero-order valence-corrected chi connectivity index (χ0v) is 19.3. The van der Waals surface area contributed by atoms with Gasteiger partial charge in [0, 0.05) is 28.9 Å². The minimum absolute atomic E-state index is 0.0652. The monoisotopic (exact) mass is 458 g/mol. The average Bonchev–Trinajstić information content (AvgIpc) is 3.27. The first-order valence-electron chi connectivity index (χ1n) is 11.2. The van der Waals surface area contributed by atoms with E-state index in [0.717, 1.165) is 23.2 Å². The lowest BCUT2D eigenvalue weighted by molar-refractivity contribution is -0.116. The fourth-order valence-corrected chi connectivity index (χ4v) is 4.60. The molecule has 0 radical (unpaired) electrons. The Morgan fingerprint density at radius 3 is 2.65 bits per heavy atom. The normalized spacial score (nSPS) is 16.9. The number of nitrogens with zero attached hydrogens (tertiary/aromatic N) is 2. The number of aryl methyl sites for hydroxylation is 1. The van der Waals surface area contributed by atoms with E-state index in [0.29, 0.717) is 47.0 Å². The summed E-state index contributed by atoms with van der Waals surface area (Å²) in [6.07, 6.45) is 3.48. The van der Waals surface area contributed by atoms with Gasteiger partial charge in [0.1, 0.15) is 28.9 Å². The number of ether oxygens (including phenoxy) is 2. The van der Waals surface area contributed by atoms with Crippen LogP contribution in [-0.4, -0.2) is 35.7 Å². The van der Waals surface area contributed by atoms with Gasteiger partial charge in [-0.15, -0.1) is 0 Å². The van der Waals surface area contributed by atoms with Crippen molar-refractivity contribution in [2.24, 2.45) is 0 Å². The predicted molar refractivity (Wildman–Crippen MR) is 129 cm³/mol. The summed E-state index contributed by atoms with van der Waals surface area (Å²) in [5.74, 6) is 1.60. The van der Waals surface area contributed by atoms with Crippen LogP contribution in [0.1, 0.15) is 46.8 Å². The first-order chi connectivity index (χ1) is 16.5. The van der Waals surface area contributed by atoms with E-state index in [2.05, 4.69) is 15.7 Å². The van der Waals surface area contributed by atoms with Crippen LogP contribution in [0.5, 0.6) is 11.5 Å². The van der Waals surface area contributed by atoms with Gasteiger partial charge in [0.05, 0.1) is 20.4 Å². The Bertz CT molecular complexity index is 1310. The van der Waals surface area contributed by atoms with Crippen molar-refractivity contribution in [3.05, 3.63) is 76.6 Å². The molecule has 0 unspecified atom stereocenters. The molecule has 1 aromatic heterocycles. The van der Waals surface area contributed by atoms with E-state index in [1.807, 2.05) is 49.4 Å². The Balaban J connectivity index is 1.61. The second-order valence-corrected chi connectivity index (χ2v) is 8.48. The van der Waals surface area contributed by atoms with Crippen LogP contribution >= 0.6 is 0 Å². The standard InChI is InChI=1S/C26H26N4O4/c1-15-7-9-16(10-8-15)28-26(32)19-14-27-30-24(18-13-17(33-2)11-12-22(18)34-3)23-20(29-25(19)30)5-4-6-21(23)31/h7-14,24,29H,4-6H2,1-3H3,(H,28,32)/t24-/m0/s1. The number of hydrogen-bond donors (Lipinski definition) is 2. The van der Waals surface area contributed by atoms with E-state index in [9.17, 15) is 9.59 Å². The molecular weight excluding hydrogens is 432 g/mol. The van der Waals surface area contributed by atoms with E-state index in [1.165, 1.54) is 6.20 Å². The zero-order chi connectivity index (χ0) is 23.8. The van der Waals surface area contributed by atoms with Crippen molar-refractivity contribution < 1.29 is 19.1 Å². The summed E-state index contributed by atoms with van der Waals surface area (Å²) in [5, 5.41) is 10.8. The third-order valence-electron chi connectivity index (χ3n) is 6.32. The van der Waals surface area contributed by atoms with Gasteiger partial charge in [-0.3, -0.25) is 9.59 Å². The summed E-state index contributed by atoms with van der Waals surface area (Å²) in [6.45, 7) is 1.99. The van der Waals surface area contributed by atoms with Gasteiger partial charge >= 0.3 is 0 Å². The number of benzene rings is 2. The van der Waals surface area contributed by atoms with E-state index in [4.69, 9.17) is 9.47 Å². The third-order valence-corrected chi connectivity index (χ3v) is 6.32. The zero-order valence-electron chi connectivity index (χ0n) is 19.3. The second-order valence-electron chi connectivity index (χ2n) is 8.48. The molecule has 2 aliphatic rings. The number of allylic oxidation sites excluding steroid dienone is 2. The molecule has 1 amide bonds. The lowest BCUT2D eigenvalue weighted by atomic mass is 9.85. The molecule has 3 aromatic rings. The molecule has 0 spiro atoms. The molecule has 1 aliphatic carbocycles. The first-order valence-corrected chi connectivity index (χ1v) is 11.2. The molecule has 0 fully saturated rings. The summed E-state index contributed by atoms with van der Waals surface area (Å²) in [5.41, 5.74) is 4.43. The van der Waals surface area contributed by atoms with Gasteiger partial charge in [0.2, 0.25) is 0 Å². The molecular formula is C26H26N4O4. The number of ketones is 1. The molecule has 0 saturated heterocycles. The number of Topliss-reactive ketones (excluding diaryl/α,β-unsaturated/α-hetero) is 1. The Hall–Kier alpha value is -4.07.